The van der Waals surface area contributed by atoms with Crippen molar-refractivity contribution in [2.75, 3.05) is 5.32 Å². The second-order valence-electron chi connectivity index (χ2n) is 6.23. The second-order valence-corrected chi connectivity index (χ2v) is 9.21. The van der Waals surface area contributed by atoms with Gasteiger partial charge in [0.25, 0.3) is 5.56 Å². The quantitative estimate of drug-likeness (QED) is 0.468. The number of aryl methyl sites for hydroxylation is 2. The molecule has 0 spiro atoms. The van der Waals surface area contributed by atoms with Crippen molar-refractivity contribution in [2.24, 2.45) is 0 Å². The molecule has 1 N–H and O–H groups in total. The number of aromatic nitrogens is 3. The second kappa shape index (κ2) is 7.57. The van der Waals surface area contributed by atoms with E-state index in [0.717, 1.165) is 26.2 Å². The molecular formula is C19H15BrN4O2S2. The number of halogens is 1. The minimum atomic E-state index is -0.315. The predicted molar refractivity (Wildman–Crippen MR) is 117 cm³/mol. The Labute approximate surface area is 177 Å². The number of anilines is 1. The first-order valence-corrected chi connectivity index (χ1v) is 10.9. The lowest BCUT2D eigenvalue weighted by molar-refractivity contribution is -0.116. The van der Waals surface area contributed by atoms with Crippen LogP contribution in [0.5, 0.6) is 0 Å². The van der Waals surface area contributed by atoms with Crippen LogP contribution in [0.4, 0.5) is 5.13 Å². The molecule has 3 aromatic heterocycles. The van der Waals surface area contributed by atoms with Gasteiger partial charge in [0.1, 0.15) is 11.4 Å². The minimum Gasteiger partial charge on any atom is -0.300 e. The average molecular weight is 475 g/mol. The number of thiophene rings is 1. The molecule has 0 radical (unpaired) electrons. The van der Waals surface area contributed by atoms with Gasteiger partial charge in [0.2, 0.25) is 5.91 Å². The number of benzene rings is 1. The molecule has 0 aliphatic heterocycles. The summed E-state index contributed by atoms with van der Waals surface area (Å²) in [7, 11) is 0. The predicted octanol–water partition coefficient (Wildman–Crippen LogP) is 4.60. The van der Waals surface area contributed by atoms with Gasteiger partial charge < -0.3 is 5.32 Å². The summed E-state index contributed by atoms with van der Waals surface area (Å²) in [5.74, 6) is -0.315. The van der Waals surface area contributed by atoms with E-state index in [1.165, 1.54) is 33.6 Å². The number of hydrogen-bond donors (Lipinski definition) is 1. The minimum absolute atomic E-state index is 0.108. The van der Waals surface area contributed by atoms with Crippen molar-refractivity contribution < 1.29 is 4.79 Å². The molecule has 1 amide bonds. The molecule has 0 aliphatic carbocycles. The van der Waals surface area contributed by atoms with Crippen molar-refractivity contribution in [1.29, 1.82) is 0 Å². The zero-order chi connectivity index (χ0) is 19.8. The Morgan fingerprint density at radius 2 is 2.00 bits per heavy atom. The molecule has 3 heterocycles. The Hall–Kier alpha value is -2.36. The molecular weight excluding hydrogens is 460 g/mol. The van der Waals surface area contributed by atoms with Gasteiger partial charge in [0, 0.05) is 20.3 Å². The first-order valence-electron chi connectivity index (χ1n) is 8.39. The summed E-state index contributed by atoms with van der Waals surface area (Å²) in [6.07, 6.45) is 1.43. The lowest BCUT2D eigenvalue weighted by atomic mass is 10.2. The summed E-state index contributed by atoms with van der Waals surface area (Å²) in [6.45, 7) is 3.76. The molecule has 4 rings (SSSR count). The average Bonchev–Trinajstić information content (AvgIpc) is 3.23. The highest BCUT2D eigenvalue weighted by Crippen LogP contribution is 2.27. The van der Waals surface area contributed by atoms with Gasteiger partial charge in [-0.1, -0.05) is 28.1 Å². The van der Waals surface area contributed by atoms with E-state index >= 15 is 0 Å². The number of hydrogen-bond acceptors (Lipinski definition) is 6. The van der Waals surface area contributed by atoms with Crippen molar-refractivity contribution in [1.82, 2.24) is 14.5 Å². The number of carbonyl (C=O) groups is 1. The normalized spacial score (nSPS) is 11.1. The summed E-state index contributed by atoms with van der Waals surface area (Å²) < 4.78 is 2.33. The van der Waals surface area contributed by atoms with Crippen LogP contribution in [0.15, 0.2) is 45.2 Å². The summed E-state index contributed by atoms with van der Waals surface area (Å²) in [5, 5.41) is 5.73. The molecule has 0 bridgehead atoms. The van der Waals surface area contributed by atoms with Crippen LogP contribution >= 0.6 is 38.6 Å². The molecule has 9 heteroatoms. The molecule has 0 saturated carbocycles. The Balaban J connectivity index is 1.51. The maximum Gasteiger partial charge on any atom is 0.262 e. The summed E-state index contributed by atoms with van der Waals surface area (Å²) in [6, 6.07) is 7.79. The molecule has 28 heavy (non-hydrogen) atoms. The van der Waals surface area contributed by atoms with E-state index < -0.39 is 0 Å². The fourth-order valence-electron chi connectivity index (χ4n) is 2.78. The van der Waals surface area contributed by atoms with Gasteiger partial charge in [-0.3, -0.25) is 14.2 Å². The Morgan fingerprint density at radius 3 is 2.75 bits per heavy atom. The molecule has 0 fully saturated rings. The molecule has 0 saturated heterocycles. The number of amides is 1. The highest BCUT2D eigenvalue weighted by atomic mass is 79.9. The third-order valence-corrected chi connectivity index (χ3v) is 6.76. The summed E-state index contributed by atoms with van der Waals surface area (Å²) in [4.78, 5) is 35.7. The monoisotopic (exact) mass is 474 g/mol. The third kappa shape index (κ3) is 3.65. The van der Waals surface area contributed by atoms with Gasteiger partial charge >= 0.3 is 0 Å². The van der Waals surface area contributed by atoms with Crippen LogP contribution in [-0.2, 0) is 11.3 Å². The van der Waals surface area contributed by atoms with Crippen LogP contribution in [0.25, 0.3) is 21.5 Å². The van der Waals surface area contributed by atoms with E-state index in [4.69, 9.17) is 0 Å². The van der Waals surface area contributed by atoms with E-state index in [1.807, 2.05) is 43.5 Å². The number of nitrogens with zero attached hydrogens (tertiary/aromatic N) is 3. The first kappa shape index (κ1) is 19.0. The third-order valence-electron chi connectivity index (χ3n) is 4.36. The molecule has 0 aliphatic rings. The smallest absolute Gasteiger partial charge is 0.262 e. The maximum atomic E-state index is 12.7. The number of carbonyl (C=O) groups excluding carboxylic acids is 1. The van der Waals surface area contributed by atoms with Gasteiger partial charge in [-0.15, -0.1) is 22.7 Å². The van der Waals surface area contributed by atoms with Crippen molar-refractivity contribution in [3.05, 3.63) is 61.2 Å². The van der Waals surface area contributed by atoms with Crippen molar-refractivity contribution in [2.45, 2.75) is 20.4 Å². The first-order chi connectivity index (χ1) is 13.4. The molecule has 4 aromatic rings. The van der Waals surface area contributed by atoms with Crippen LogP contribution in [-0.4, -0.2) is 20.4 Å². The lowest BCUT2D eigenvalue weighted by Crippen LogP contribution is -2.27. The van der Waals surface area contributed by atoms with Crippen LogP contribution < -0.4 is 10.9 Å². The van der Waals surface area contributed by atoms with Gasteiger partial charge in [-0.25, -0.2) is 9.97 Å². The van der Waals surface area contributed by atoms with E-state index in [0.29, 0.717) is 15.3 Å². The zero-order valence-electron chi connectivity index (χ0n) is 15.0. The largest absolute Gasteiger partial charge is 0.300 e. The van der Waals surface area contributed by atoms with Gasteiger partial charge in [0.15, 0.2) is 5.13 Å². The molecule has 6 nitrogen and oxygen atoms in total. The number of thiazole rings is 1. The van der Waals surface area contributed by atoms with Crippen molar-refractivity contribution in [3.8, 4) is 11.3 Å². The molecule has 0 atom stereocenters. The van der Waals surface area contributed by atoms with E-state index in [2.05, 4.69) is 31.2 Å². The number of rotatable bonds is 4. The SMILES string of the molecule is Cc1sc2ncn(CC(=O)Nc3nc(-c4ccc(Br)cc4)cs3)c(=O)c2c1C. The summed E-state index contributed by atoms with van der Waals surface area (Å²) >= 11 is 6.24. The Kier molecular flexibility index (Phi) is 5.13. The fraction of sp³-hybridized carbons (Fsp3) is 0.158. The zero-order valence-corrected chi connectivity index (χ0v) is 18.2. The van der Waals surface area contributed by atoms with E-state index in [1.54, 1.807) is 0 Å². The highest BCUT2D eigenvalue weighted by molar-refractivity contribution is 9.10. The van der Waals surface area contributed by atoms with Gasteiger partial charge in [0.05, 0.1) is 17.4 Å². The van der Waals surface area contributed by atoms with Gasteiger partial charge in [-0.05, 0) is 31.5 Å². The molecule has 0 unspecified atom stereocenters. The van der Waals surface area contributed by atoms with Crippen LogP contribution in [0.2, 0.25) is 0 Å². The molecule has 1 aromatic carbocycles. The van der Waals surface area contributed by atoms with Crippen molar-refractivity contribution >= 4 is 59.9 Å². The van der Waals surface area contributed by atoms with Crippen LogP contribution in [0.1, 0.15) is 10.4 Å². The molecule has 142 valence electrons. The van der Waals surface area contributed by atoms with E-state index in [9.17, 15) is 9.59 Å². The Bertz CT molecular complexity index is 1240. The lowest BCUT2D eigenvalue weighted by Gasteiger charge is -2.05. The highest BCUT2D eigenvalue weighted by Gasteiger charge is 2.14. The van der Waals surface area contributed by atoms with Crippen LogP contribution in [0.3, 0.4) is 0 Å². The van der Waals surface area contributed by atoms with E-state index in [-0.39, 0.29) is 18.0 Å². The van der Waals surface area contributed by atoms with Crippen molar-refractivity contribution in [3.63, 3.8) is 0 Å². The number of nitrogens with one attached hydrogen (secondary N) is 1. The standard InChI is InChI=1S/C19H15BrN4O2S2/c1-10-11(2)28-17-16(10)18(26)24(9-21-17)7-15(25)23-19-22-14(8-27-19)12-3-5-13(20)6-4-12/h3-6,8-9H,7H2,1-2H3,(H,22,23,25). The Morgan fingerprint density at radius 1 is 1.25 bits per heavy atom. The van der Waals surface area contributed by atoms with Crippen LogP contribution in [0, 0.1) is 13.8 Å². The summed E-state index contributed by atoms with van der Waals surface area (Å²) in [5.41, 5.74) is 2.48. The maximum absolute atomic E-state index is 12.7. The van der Waals surface area contributed by atoms with Gasteiger partial charge in [-0.2, -0.15) is 0 Å². The number of fused-ring (bicyclic) bond motifs is 1. The topological polar surface area (TPSA) is 76.9 Å². The fourth-order valence-corrected chi connectivity index (χ4v) is 4.77.